The molecule has 1 aliphatic rings. The first kappa shape index (κ1) is 15.5. The molecule has 0 saturated heterocycles. The predicted octanol–water partition coefficient (Wildman–Crippen LogP) is 5.32. The number of alkyl halides is 1. The van der Waals surface area contributed by atoms with Crippen molar-refractivity contribution in [2.24, 2.45) is 5.41 Å². The molecule has 0 aromatic rings. The summed E-state index contributed by atoms with van der Waals surface area (Å²) >= 11 is 3.72. The minimum atomic E-state index is 0.446. The minimum absolute atomic E-state index is 0.446. The van der Waals surface area contributed by atoms with Crippen LogP contribution >= 0.6 is 15.9 Å². The van der Waals surface area contributed by atoms with Crippen molar-refractivity contribution in [3.63, 3.8) is 0 Å². The Kier molecular flexibility index (Phi) is 8.55. The van der Waals surface area contributed by atoms with Crippen LogP contribution in [0.25, 0.3) is 0 Å². The molecule has 2 heteroatoms. The van der Waals surface area contributed by atoms with Crippen molar-refractivity contribution in [3.8, 4) is 0 Å². The summed E-state index contributed by atoms with van der Waals surface area (Å²) in [5.74, 6) is 0. The van der Waals surface area contributed by atoms with Gasteiger partial charge in [-0.05, 0) is 19.3 Å². The minimum Gasteiger partial charge on any atom is -0.381 e. The van der Waals surface area contributed by atoms with Crippen molar-refractivity contribution in [1.82, 2.24) is 0 Å². The molecule has 17 heavy (non-hydrogen) atoms. The molecule has 0 heterocycles. The van der Waals surface area contributed by atoms with Gasteiger partial charge < -0.3 is 4.74 Å². The molecular formula is C15H29BrO. The van der Waals surface area contributed by atoms with E-state index in [9.17, 15) is 0 Å². The molecule has 0 unspecified atom stereocenters. The summed E-state index contributed by atoms with van der Waals surface area (Å²) < 4.78 is 5.94. The Labute approximate surface area is 116 Å². The second kappa shape index (κ2) is 9.38. The number of hydrogen-bond donors (Lipinski definition) is 0. The smallest absolute Gasteiger partial charge is 0.0530 e. The molecule has 1 rings (SSSR count). The molecule has 0 amide bonds. The third-order valence-electron chi connectivity index (χ3n) is 4.00. The van der Waals surface area contributed by atoms with Crippen molar-refractivity contribution >= 4 is 15.9 Å². The summed E-state index contributed by atoms with van der Waals surface area (Å²) in [5, 5.41) is 1.12. The first-order valence-corrected chi connectivity index (χ1v) is 8.59. The summed E-state index contributed by atoms with van der Waals surface area (Å²) in [6, 6.07) is 0. The van der Waals surface area contributed by atoms with Gasteiger partial charge in [-0.1, -0.05) is 67.8 Å². The summed E-state index contributed by atoms with van der Waals surface area (Å²) in [6.07, 6.45) is 13.6. The first-order valence-electron chi connectivity index (χ1n) is 7.47. The largest absolute Gasteiger partial charge is 0.381 e. The monoisotopic (exact) mass is 304 g/mol. The Balaban J connectivity index is 2.16. The zero-order valence-corrected chi connectivity index (χ0v) is 13.1. The molecule has 0 aromatic heterocycles. The third-order valence-corrected chi connectivity index (χ3v) is 5.19. The van der Waals surface area contributed by atoms with E-state index in [0.717, 1.165) is 18.5 Å². The van der Waals surface area contributed by atoms with Gasteiger partial charge in [0, 0.05) is 17.4 Å². The second-order valence-electron chi connectivity index (χ2n) is 5.66. The highest BCUT2D eigenvalue weighted by Gasteiger charge is 2.29. The molecule has 1 aliphatic carbocycles. The van der Waals surface area contributed by atoms with Gasteiger partial charge in [0.1, 0.15) is 0 Å². The molecule has 0 aromatic carbocycles. The standard InChI is InChI=1S/C15H29BrO/c1-2-3-4-9-12-17-14-15(13-16)10-7-5-6-8-11-15/h2-14H2,1H3. The van der Waals surface area contributed by atoms with E-state index in [0.29, 0.717) is 5.41 Å². The molecule has 102 valence electrons. The Morgan fingerprint density at radius 2 is 1.71 bits per heavy atom. The van der Waals surface area contributed by atoms with Gasteiger partial charge >= 0.3 is 0 Å². The van der Waals surface area contributed by atoms with Crippen LogP contribution in [0.1, 0.15) is 71.1 Å². The van der Waals surface area contributed by atoms with E-state index < -0.39 is 0 Å². The van der Waals surface area contributed by atoms with Crippen LogP contribution in [0, 0.1) is 5.41 Å². The maximum absolute atomic E-state index is 5.94. The maximum atomic E-state index is 5.94. The SMILES string of the molecule is CCCCCCOCC1(CBr)CCCCCC1. The molecule has 0 spiro atoms. The average molecular weight is 305 g/mol. The van der Waals surface area contributed by atoms with E-state index in [1.165, 1.54) is 64.2 Å². The normalized spacial score (nSPS) is 20.1. The Hall–Kier alpha value is 0.440. The number of hydrogen-bond acceptors (Lipinski definition) is 1. The molecule has 1 fully saturated rings. The molecular weight excluding hydrogens is 276 g/mol. The van der Waals surface area contributed by atoms with Gasteiger partial charge in [0.15, 0.2) is 0 Å². The van der Waals surface area contributed by atoms with Gasteiger partial charge in [-0.3, -0.25) is 0 Å². The van der Waals surface area contributed by atoms with Crippen LogP contribution in [0.4, 0.5) is 0 Å². The van der Waals surface area contributed by atoms with E-state index in [4.69, 9.17) is 4.74 Å². The van der Waals surface area contributed by atoms with Gasteiger partial charge in [-0.25, -0.2) is 0 Å². The third kappa shape index (κ3) is 6.24. The van der Waals surface area contributed by atoms with E-state index in [1.54, 1.807) is 0 Å². The zero-order chi connectivity index (χ0) is 12.4. The lowest BCUT2D eigenvalue weighted by molar-refractivity contribution is 0.0455. The lowest BCUT2D eigenvalue weighted by atomic mass is 9.83. The van der Waals surface area contributed by atoms with Crippen LogP contribution in [-0.2, 0) is 4.74 Å². The summed E-state index contributed by atoms with van der Waals surface area (Å²) in [4.78, 5) is 0. The van der Waals surface area contributed by atoms with Crippen LogP contribution in [0.5, 0.6) is 0 Å². The van der Waals surface area contributed by atoms with Crippen molar-refractivity contribution < 1.29 is 4.74 Å². The zero-order valence-electron chi connectivity index (χ0n) is 11.5. The highest BCUT2D eigenvalue weighted by molar-refractivity contribution is 9.09. The number of halogens is 1. The summed E-state index contributed by atoms with van der Waals surface area (Å²) in [7, 11) is 0. The van der Waals surface area contributed by atoms with Crippen molar-refractivity contribution in [3.05, 3.63) is 0 Å². The first-order chi connectivity index (χ1) is 8.33. The number of ether oxygens (including phenoxy) is 1. The Morgan fingerprint density at radius 3 is 2.29 bits per heavy atom. The average Bonchev–Trinajstić information content (AvgIpc) is 2.60. The van der Waals surface area contributed by atoms with E-state index >= 15 is 0 Å². The van der Waals surface area contributed by atoms with Crippen molar-refractivity contribution in [2.75, 3.05) is 18.5 Å². The van der Waals surface area contributed by atoms with Crippen molar-refractivity contribution in [1.29, 1.82) is 0 Å². The fourth-order valence-electron chi connectivity index (χ4n) is 2.71. The lowest BCUT2D eigenvalue weighted by Gasteiger charge is -2.30. The molecule has 0 bridgehead atoms. The molecule has 1 nitrogen and oxygen atoms in total. The van der Waals surface area contributed by atoms with Crippen LogP contribution in [-0.4, -0.2) is 18.5 Å². The van der Waals surface area contributed by atoms with E-state index in [1.807, 2.05) is 0 Å². The maximum Gasteiger partial charge on any atom is 0.0530 e. The van der Waals surface area contributed by atoms with Crippen LogP contribution in [0.2, 0.25) is 0 Å². The Morgan fingerprint density at radius 1 is 1.00 bits per heavy atom. The van der Waals surface area contributed by atoms with Gasteiger partial charge in [-0.15, -0.1) is 0 Å². The second-order valence-corrected chi connectivity index (χ2v) is 6.22. The van der Waals surface area contributed by atoms with Gasteiger partial charge in [0.2, 0.25) is 0 Å². The van der Waals surface area contributed by atoms with Crippen LogP contribution in [0.15, 0.2) is 0 Å². The van der Waals surface area contributed by atoms with Crippen LogP contribution in [0.3, 0.4) is 0 Å². The molecule has 0 radical (unpaired) electrons. The lowest BCUT2D eigenvalue weighted by Crippen LogP contribution is -2.28. The molecule has 0 aliphatic heterocycles. The Bertz CT molecular complexity index is 174. The molecule has 1 saturated carbocycles. The number of unbranched alkanes of at least 4 members (excludes halogenated alkanes) is 3. The van der Waals surface area contributed by atoms with Gasteiger partial charge in [0.25, 0.3) is 0 Å². The highest BCUT2D eigenvalue weighted by Crippen LogP contribution is 2.36. The van der Waals surface area contributed by atoms with E-state index in [-0.39, 0.29) is 0 Å². The fourth-order valence-corrected chi connectivity index (χ4v) is 3.44. The van der Waals surface area contributed by atoms with Gasteiger partial charge in [-0.2, -0.15) is 0 Å². The highest BCUT2D eigenvalue weighted by atomic mass is 79.9. The summed E-state index contributed by atoms with van der Waals surface area (Å²) in [5.41, 5.74) is 0.446. The molecule has 0 N–H and O–H groups in total. The topological polar surface area (TPSA) is 9.23 Å². The quantitative estimate of drug-likeness (QED) is 0.335. The van der Waals surface area contributed by atoms with E-state index in [2.05, 4.69) is 22.9 Å². The predicted molar refractivity (Wildman–Crippen MR) is 78.9 cm³/mol. The summed E-state index contributed by atoms with van der Waals surface area (Å²) in [6.45, 7) is 4.20. The fraction of sp³-hybridized carbons (Fsp3) is 1.00. The van der Waals surface area contributed by atoms with Crippen molar-refractivity contribution in [2.45, 2.75) is 71.1 Å². The number of rotatable bonds is 8. The van der Waals surface area contributed by atoms with Crippen LogP contribution < -0.4 is 0 Å². The molecule has 0 atom stereocenters. The van der Waals surface area contributed by atoms with Gasteiger partial charge in [0.05, 0.1) is 6.61 Å².